The Hall–Kier alpha value is -1.61. The van der Waals surface area contributed by atoms with Gasteiger partial charge in [-0.25, -0.2) is 0 Å². The van der Waals surface area contributed by atoms with E-state index < -0.39 is 0 Å². The van der Waals surface area contributed by atoms with Crippen molar-refractivity contribution < 1.29 is 4.84 Å². The minimum absolute atomic E-state index is 0.355. The molecule has 0 aliphatic heterocycles. The second kappa shape index (κ2) is 2.79. The molecule has 0 aliphatic rings. The summed E-state index contributed by atoms with van der Waals surface area (Å²) in [6.07, 6.45) is 1.47. The van der Waals surface area contributed by atoms with E-state index in [1.165, 1.54) is 6.20 Å². The number of nitrogens with zero attached hydrogens (tertiary/aromatic N) is 2. The number of fused-ring (bicyclic) bond motifs is 1. The summed E-state index contributed by atoms with van der Waals surface area (Å²) in [4.78, 5) is 8.13. The van der Waals surface area contributed by atoms with Gasteiger partial charge in [0.1, 0.15) is 5.90 Å². The van der Waals surface area contributed by atoms with E-state index in [1.807, 2.05) is 24.3 Å². The second-order valence-corrected chi connectivity index (χ2v) is 2.46. The highest BCUT2D eigenvalue weighted by Gasteiger charge is 1.96. The van der Waals surface area contributed by atoms with Crippen LogP contribution in [0.3, 0.4) is 0 Å². The van der Waals surface area contributed by atoms with Gasteiger partial charge in [0.25, 0.3) is 0 Å². The van der Waals surface area contributed by atoms with Gasteiger partial charge in [-0.2, -0.15) is 0 Å². The first-order valence-electron chi connectivity index (χ1n) is 3.56. The lowest BCUT2D eigenvalue weighted by molar-refractivity contribution is 0.308. The molecule has 0 amide bonds. The van der Waals surface area contributed by atoms with E-state index in [4.69, 9.17) is 5.90 Å². The number of rotatable bonds is 1. The van der Waals surface area contributed by atoms with Gasteiger partial charge in [-0.1, -0.05) is 18.2 Å². The fraction of sp³-hybridized carbons (Fsp3) is 0. The lowest BCUT2D eigenvalue weighted by Gasteiger charge is -1.97. The van der Waals surface area contributed by atoms with Crippen LogP contribution in [0.15, 0.2) is 36.5 Å². The molecule has 0 saturated heterocycles. The van der Waals surface area contributed by atoms with Crippen LogP contribution >= 0.6 is 0 Å². The number of aromatic nitrogens is 1. The van der Waals surface area contributed by atoms with Crippen LogP contribution in [0.4, 0.5) is 0 Å². The molecule has 2 rings (SSSR count). The molecule has 1 aromatic carbocycles. The monoisotopic (exact) mass is 158 g/mol. The topological polar surface area (TPSA) is 44.4 Å². The van der Waals surface area contributed by atoms with Crippen molar-refractivity contribution in [1.82, 2.24) is 10.9 Å². The summed E-state index contributed by atoms with van der Waals surface area (Å²) in [7, 11) is 0. The van der Waals surface area contributed by atoms with E-state index in [1.54, 1.807) is 6.07 Å². The van der Waals surface area contributed by atoms with Crippen molar-refractivity contribution in [2.45, 2.75) is 0 Å². The van der Waals surface area contributed by atoms with Crippen molar-refractivity contribution in [2.75, 3.05) is 0 Å². The van der Waals surface area contributed by atoms with Gasteiger partial charge in [0.05, 0.1) is 11.7 Å². The molecule has 12 heavy (non-hydrogen) atoms. The predicted octanol–water partition coefficient (Wildman–Crippen LogP) is 1.60. The average molecular weight is 158 g/mol. The van der Waals surface area contributed by atoms with E-state index in [0.29, 0.717) is 5.75 Å². The van der Waals surface area contributed by atoms with Crippen LogP contribution in [0, 0.1) is 0 Å². The number of hydrogen-bond acceptors (Lipinski definition) is 2. The quantitative estimate of drug-likeness (QED) is 0.591. The van der Waals surface area contributed by atoms with Crippen molar-refractivity contribution in [1.29, 1.82) is 0 Å². The minimum atomic E-state index is 0.355. The Balaban J connectivity index is 2.67. The summed E-state index contributed by atoms with van der Waals surface area (Å²) in [5, 5.41) is 0.948. The molecule has 0 bridgehead atoms. The maximum Gasteiger partial charge on any atom is 0.170 e. The second-order valence-electron chi connectivity index (χ2n) is 2.46. The van der Waals surface area contributed by atoms with E-state index in [-0.39, 0.29) is 0 Å². The first kappa shape index (κ1) is 7.06. The number of hydrogen-bond donors (Lipinski definition) is 0. The summed E-state index contributed by atoms with van der Waals surface area (Å²) < 4.78 is 0. The summed E-state index contributed by atoms with van der Waals surface area (Å²) in [5.74, 6) is 8.71. The Kier molecular flexibility index (Phi) is 1.64. The fourth-order valence-electron chi connectivity index (χ4n) is 1.10. The molecule has 0 spiro atoms. The van der Waals surface area contributed by atoms with Crippen molar-refractivity contribution in [3.05, 3.63) is 36.5 Å². The minimum Gasteiger partial charge on any atom is -0.366 e. The Morgan fingerprint density at radius 1 is 1.25 bits per heavy atom. The molecule has 0 N–H and O–H groups in total. The van der Waals surface area contributed by atoms with Crippen molar-refractivity contribution in [2.24, 2.45) is 0 Å². The predicted molar refractivity (Wildman–Crippen MR) is 44.5 cm³/mol. The Morgan fingerprint density at radius 2 is 2.08 bits per heavy atom. The summed E-state index contributed by atoms with van der Waals surface area (Å²) >= 11 is 0. The highest BCUT2D eigenvalue weighted by Crippen LogP contribution is 2.16. The van der Waals surface area contributed by atoms with Crippen molar-refractivity contribution in [3.8, 4) is 5.75 Å². The van der Waals surface area contributed by atoms with E-state index in [2.05, 4.69) is 9.82 Å². The number of benzene rings is 1. The zero-order valence-corrected chi connectivity index (χ0v) is 6.27. The van der Waals surface area contributed by atoms with Crippen molar-refractivity contribution in [3.63, 3.8) is 0 Å². The lowest BCUT2D eigenvalue weighted by Crippen LogP contribution is -1.87. The van der Waals surface area contributed by atoms with Gasteiger partial charge >= 0.3 is 0 Å². The van der Waals surface area contributed by atoms with Gasteiger partial charge in [-0.15, -0.1) is 0 Å². The highest BCUT2D eigenvalue weighted by atomic mass is 16.6. The zero-order chi connectivity index (χ0) is 8.39. The van der Waals surface area contributed by atoms with Gasteiger partial charge in [0.2, 0.25) is 0 Å². The Morgan fingerprint density at radius 3 is 2.92 bits per heavy atom. The molecule has 3 nitrogen and oxygen atoms in total. The maximum absolute atomic E-state index is 8.36. The molecule has 58 valence electrons. The molecule has 3 heteroatoms. The Labute approximate surface area is 69.7 Å². The van der Waals surface area contributed by atoms with Crippen LogP contribution in [-0.2, 0) is 0 Å². The van der Waals surface area contributed by atoms with E-state index in [0.717, 1.165) is 10.9 Å². The summed E-state index contributed by atoms with van der Waals surface area (Å²) in [6, 6.07) is 9.35. The maximum atomic E-state index is 8.36. The molecular formula is C9H6N2O. The number of pyridine rings is 1. The van der Waals surface area contributed by atoms with E-state index in [9.17, 15) is 0 Å². The van der Waals surface area contributed by atoms with Gasteiger partial charge in [-0.3, -0.25) is 4.98 Å². The molecule has 0 saturated carbocycles. The van der Waals surface area contributed by atoms with Gasteiger partial charge in [-0.05, 0) is 12.1 Å². The van der Waals surface area contributed by atoms with Crippen LogP contribution in [0.2, 0.25) is 0 Å². The van der Waals surface area contributed by atoms with Crippen LogP contribution in [0.25, 0.3) is 10.9 Å². The largest absolute Gasteiger partial charge is 0.366 e. The molecular weight excluding hydrogens is 152 g/mol. The molecule has 0 aliphatic carbocycles. The molecule has 0 atom stereocenters. The third-order valence-corrected chi connectivity index (χ3v) is 1.67. The SMILES string of the molecule is [N]Oc1cnc2ccccc2c1. The molecule has 2 aromatic rings. The molecule has 0 fully saturated rings. The van der Waals surface area contributed by atoms with Gasteiger partial charge in [0, 0.05) is 5.39 Å². The highest BCUT2D eigenvalue weighted by molar-refractivity contribution is 5.79. The van der Waals surface area contributed by atoms with Crippen LogP contribution in [-0.4, -0.2) is 4.98 Å². The molecule has 1 aromatic heterocycles. The number of para-hydroxylation sites is 1. The van der Waals surface area contributed by atoms with Gasteiger partial charge in [0.15, 0.2) is 5.75 Å². The average Bonchev–Trinajstić information content (AvgIpc) is 2.17. The molecule has 2 radical (unpaired) electrons. The fourth-order valence-corrected chi connectivity index (χ4v) is 1.10. The van der Waals surface area contributed by atoms with Crippen LogP contribution in [0.5, 0.6) is 5.75 Å². The third kappa shape index (κ3) is 1.10. The Bertz CT molecular complexity index is 400. The van der Waals surface area contributed by atoms with Crippen LogP contribution < -0.4 is 10.7 Å². The zero-order valence-electron chi connectivity index (χ0n) is 6.27. The van der Waals surface area contributed by atoms with Gasteiger partial charge < -0.3 is 4.84 Å². The summed E-state index contributed by atoms with van der Waals surface area (Å²) in [6.45, 7) is 0. The third-order valence-electron chi connectivity index (χ3n) is 1.67. The normalized spacial score (nSPS) is 10.1. The molecule has 1 heterocycles. The van der Waals surface area contributed by atoms with Crippen LogP contribution in [0.1, 0.15) is 0 Å². The first-order valence-corrected chi connectivity index (χ1v) is 3.56. The standard InChI is InChI=1S/C9H6N2O/c10-12-8-5-7-3-1-2-4-9(7)11-6-8/h1-6H. The summed E-state index contributed by atoms with van der Waals surface area (Å²) in [5.41, 5.74) is 0.887. The lowest BCUT2D eigenvalue weighted by atomic mass is 10.2. The van der Waals surface area contributed by atoms with Crippen molar-refractivity contribution >= 4 is 10.9 Å². The first-order chi connectivity index (χ1) is 5.90. The van der Waals surface area contributed by atoms with E-state index >= 15 is 0 Å². The molecule has 0 unspecified atom stereocenters. The smallest absolute Gasteiger partial charge is 0.170 e.